The lowest BCUT2D eigenvalue weighted by Crippen LogP contribution is -2.39. The van der Waals surface area contributed by atoms with Gasteiger partial charge in [0.15, 0.2) is 5.82 Å². The molecule has 1 aliphatic rings. The standard InChI is InChI=1S/C16H17F2N3OS/c17-11-6-12(21(9-11)10-13-2-1-5-23-13)7-20-16(22)14-3-4-19-8-15(14)18/h1-5,8,11-12H,6-7,9-10H2,(H,20,22)/t11-,12-/m0/s1. The van der Waals surface area contributed by atoms with Crippen molar-refractivity contribution in [2.45, 2.75) is 25.2 Å². The van der Waals surface area contributed by atoms with E-state index in [9.17, 15) is 13.6 Å². The molecule has 2 aromatic rings. The fourth-order valence-electron chi connectivity index (χ4n) is 2.80. The molecule has 3 heterocycles. The second-order valence-electron chi connectivity index (χ2n) is 5.56. The van der Waals surface area contributed by atoms with Crippen LogP contribution in [0.4, 0.5) is 8.78 Å². The number of hydrogen-bond acceptors (Lipinski definition) is 4. The number of halogens is 2. The van der Waals surface area contributed by atoms with E-state index < -0.39 is 17.9 Å². The molecule has 2 aromatic heterocycles. The molecule has 1 amide bonds. The van der Waals surface area contributed by atoms with Gasteiger partial charge in [0.05, 0.1) is 11.8 Å². The maximum Gasteiger partial charge on any atom is 0.254 e. The molecule has 1 saturated heterocycles. The quantitative estimate of drug-likeness (QED) is 0.912. The van der Waals surface area contributed by atoms with Crippen LogP contribution in [0.2, 0.25) is 0 Å². The number of carbonyl (C=O) groups excluding carboxylic acids is 1. The van der Waals surface area contributed by atoms with Gasteiger partial charge in [0, 0.05) is 36.8 Å². The van der Waals surface area contributed by atoms with Gasteiger partial charge in [-0.3, -0.25) is 14.7 Å². The number of likely N-dealkylation sites (tertiary alicyclic amines) is 1. The van der Waals surface area contributed by atoms with E-state index in [2.05, 4.69) is 10.3 Å². The highest BCUT2D eigenvalue weighted by Gasteiger charge is 2.32. The van der Waals surface area contributed by atoms with Gasteiger partial charge in [-0.1, -0.05) is 6.07 Å². The number of aromatic nitrogens is 1. The van der Waals surface area contributed by atoms with Gasteiger partial charge in [0.2, 0.25) is 0 Å². The van der Waals surface area contributed by atoms with Gasteiger partial charge in [-0.2, -0.15) is 0 Å². The van der Waals surface area contributed by atoms with Crippen LogP contribution in [0.25, 0.3) is 0 Å². The predicted molar refractivity (Wildman–Crippen MR) is 84.6 cm³/mol. The van der Waals surface area contributed by atoms with Crippen LogP contribution in [-0.4, -0.2) is 41.1 Å². The number of carbonyl (C=O) groups is 1. The molecule has 0 saturated carbocycles. The molecule has 7 heteroatoms. The van der Waals surface area contributed by atoms with Gasteiger partial charge in [0.1, 0.15) is 6.17 Å². The number of amides is 1. The molecule has 1 fully saturated rings. The van der Waals surface area contributed by atoms with Gasteiger partial charge in [-0.05, 0) is 23.9 Å². The zero-order valence-corrected chi connectivity index (χ0v) is 13.2. The third kappa shape index (κ3) is 3.92. The molecule has 0 unspecified atom stereocenters. The Morgan fingerprint density at radius 1 is 1.48 bits per heavy atom. The molecule has 122 valence electrons. The number of thiophene rings is 1. The van der Waals surface area contributed by atoms with Gasteiger partial charge in [0.25, 0.3) is 5.91 Å². The van der Waals surface area contributed by atoms with Crippen LogP contribution < -0.4 is 5.32 Å². The van der Waals surface area contributed by atoms with Crippen molar-refractivity contribution in [3.63, 3.8) is 0 Å². The Morgan fingerprint density at radius 3 is 3.09 bits per heavy atom. The summed E-state index contributed by atoms with van der Waals surface area (Å²) in [6.45, 7) is 1.33. The molecule has 0 bridgehead atoms. The highest BCUT2D eigenvalue weighted by atomic mass is 32.1. The van der Waals surface area contributed by atoms with Gasteiger partial charge < -0.3 is 5.32 Å². The highest BCUT2D eigenvalue weighted by molar-refractivity contribution is 7.09. The molecule has 3 rings (SSSR count). The fourth-order valence-corrected chi connectivity index (χ4v) is 3.53. The summed E-state index contributed by atoms with van der Waals surface area (Å²) in [6.07, 6.45) is 1.86. The van der Waals surface area contributed by atoms with E-state index >= 15 is 0 Å². The molecule has 0 radical (unpaired) electrons. The van der Waals surface area contributed by atoms with Crippen molar-refractivity contribution in [3.05, 3.63) is 52.2 Å². The molecular formula is C16H17F2N3OS. The average molecular weight is 337 g/mol. The minimum Gasteiger partial charge on any atom is -0.350 e. The number of nitrogens with one attached hydrogen (secondary N) is 1. The monoisotopic (exact) mass is 337 g/mol. The molecule has 1 aliphatic heterocycles. The number of rotatable bonds is 5. The Kier molecular flexibility index (Phi) is 4.97. The van der Waals surface area contributed by atoms with Crippen LogP contribution in [0.15, 0.2) is 36.0 Å². The van der Waals surface area contributed by atoms with Gasteiger partial charge >= 0.3 is 0 Å². The minimum absolute atomic E-state index is 0.0420. The number of pyridine rings is 1. The number of alkyl halides is 1. The van der Waals surface area contributed by atoms with Crippen molar-refractivity contribution in [2.75, 3.05) is 13.1 Å². The molecule has 0 spiro atoms. The van der Waals surface area contributed by atoms with E-state index in [1.165, 1.54) is 12.3 Å². The second kappa shape index (κ2) is 7.14. The van der Waals surface area contributed by atoms with Gasteiger partial charge in [-0.15, -0.1) is 11.3 Å². The summed E-state index contributed by atoms with van der Waals surface area (Å²) in [4.78, 5) is 18.8. The Labute approximate surface area is 137 Å². The lowest BCUT2D eigenvalue weighted by Gasteiger charge is -2.23. The lowest BCUT2D eigenvalue weighted by molar-refractivity contribution is 0.0935. The van der Waals surface area contributed by atoms with E-state index in [-0.39, 0.29) is 11.6 Å². The maximum atomic E-state index is 13.7. The summed E-state index contributed by atoms with van der Waals surface area (Å²) in [5.74, 6) is -1.15. The molecule has 0 aliphatic carbocycles. The first-order valence-corrected chi connectivity index (χ1v) is 8.29. The highest BCUT2D eigenvalue weighted by Crippen LogP contribution is 2.24. The number of hydrogen-bond donors (Lipinski definition) is 1. The maximum absolute atomic E-state index is 13.7. The molecule has 4 nitrogen and oxygen atoms in total. The van der Waals surface area contributed by atoms with E-state index in [4.69, 9.17) is 0 Å². The van der Waals surface area contributed by atoms with Crippen LogP contribution in [0, 0.1) is 5.82 Å². The summed E-state index contributed by atoms with van der Waals surface area (Å²) in [5.41, 5.74) is -0.0420. The predicted octanol–water partition coefficient (Wildman–Crippen LogP) is 2.62. The van der Waals surface area contributed by atoms with Crippen molar-refractivity contribution in [1.82, 2.24) is 15.2 Å². The van der Waals surface area contributed by atoms with Crippen molar-refractivity contribution in [3.8, 4) is 0 Å². The van der Waals surface area contributed by atoms with Crippen LogP contribution in [0.3, 0.4) is 0 Å². The van der Waals surface area contributed by atoms with E-state index in [0.717, 1.165) is 11.1 Å². The Hall–Kier alpha value is -1.86. The van der Waals surface area contributed by atoms with E-state index in [1.54, 1.807) is 11.3 Å². The first-order chi connectivity index (χ1) is 11.1. The second-order valence-corrected chi connectivity index (χ2v) is 6.59. The molecule has 2 atom stereocenters. The van der Waals surface area contributed by atoms with E-state index in [0.29, 0.717) is 26.1 Å². The third-order valence-corrected chi connectivity index (χ3v) is 4.79. The minimum atomic E-state index is -0.894. The smallest absolute Gasteiger partial charge is 0.254 e. The Morgan fingerprint density at radius 2 is 2.35 bits per heavy atom. The normalized spacial score (nSPS) is 21.5. The van der Waals surface area contributed by atoms with Crippen LogP contribution in [0.5, 0.6) is 0 Å². The molecule has 0 aromatic carbocycles. The van der Waals surface area contributed by atoms with Crippen molar-refractivity contribution >= 4 is 17.2 Å². The first-order valence-electron chi connectivity index (χ1n) is 7.41. The summed E-state index contributed by atoms with van der Waals surface area (Å²) in [7, 11) is 0. The first kappa shape index (κ1) is 16.0. The van der Waals surface area contributed by atoms with Crippen molar-refractivity contribution in [2.24, 2.45) is 0 Å². The van der Waals surface area contributed by atoms with Crippen molar-refractivity contribution < 1.29 is 13.6 Å². The molecule has 23 heavy (non-hydrogen) atoms. The summed E-state index contributed by atoms with van der Waals surface area (Å²) in [6, 6.07) is 5.23. The lowest BCUT2D eigenvalue weighted by atomic mass is 10.2. The largest absolute Gasteiger partial charge is 0.350 e. The Balaban J connectivity index is 1.59. The SMILES string of the molecule is O=C(NC[C@@H]1C[C@H](F)CN1Cc1cccs1)c1ccncc1F. The topological polar surface area (TPSA) is 45.2 Å². The van der Waals surface area contributed by atoms with Gasteiger partial charge in [-0.25, -0.2) is 8.78 Å². The van der Waals surface area contributed by atoms with Crippen molar-refractivity contribution in [1.29, 1.82) is 0 Å². The van der Waals surface area contributed by atoms with Crippen LogP contribution in [-0.2, 0) is 6.54 Å². The fraction of sp³-hybridized carbons (Fsp3) is 0.375. The molecular weight excluding hydrogens is 320 g/mol. The van der Waals surface area contributed by atoms with Crippen LogP contribution in [0.1, 0.15) is 21.7 Å². The third-order valence-electron chi connectivity index (χ3n) is 3.93. The summed E-state index contributed by atoms with van der Waals surface area (Å²) in [5, 5.41) is 4.69. The number of nitrogens with zero attached hydrogens (tertiary/aromatic N) is 2. The summed E-state index contributed by atoms with van der Waals surface area (Å²) < 4.78 is 27.3. The Bertz CT molecular complexity index is 665. The average Bonchev–Trinajstić information content (AvgIpc) is 3.15. The molecule has 1 N–H and O–H groups in total. The zero-order valence-electron chi connectivity index (χ0n) is 12.4. The van der Waals surface area contributed by atoms with Crippen LogP contribution >= 0.6 is 11.3 Å². The zero-order chi connectivity index (χ0) is 16.2. The summed E-state index contributed by atoms with van der Waals surface area (Å²) >= 11 is 1.63. The van der Waals surface area contributed by atoms with E-state index in [1.807, 2.05) is 22.4 Å².